The highest BCUT2D eigenvalue weighted by atomic mass is 127. The lowest BCUT2D eigenvalue weighted by Crippen LogP contribution is -2.45. The number of benzene rings is 1. The highest BCUT2D eigenvalue weighted by Gasteiger charge is 2.27. The fourth-order valence-electron chi connectivity index (χ4n) is 3.10. The van der Waals surface area contributed by atoms with Crippen molar-refractivity contribution in [2.45, 2.75) is 39.8 Å². The topological polar surface area (TPSA) is 85.8 Å². The monoisotopic (exact) mass is 501 g/mol. The Morgan fingerprint density at radius 2 is 2.04 bits per heavy atom. The summed E-state index contributed by atoms with van der Waals surface area (Å²) in [7, 11) is 1.73. The van der Waals surface area contributed by atoms with Crippen LogP contribution >= 0.6 is 24.0 Å². The molecule has 2 amide bonds. The number of nitrogens with zero attached hydrogens (tertiary/aromatic N) is 2. The molecule has 0 saturated carbocycles. The van der Waals surface area contributed by atoms with Crippen LogP contribution in [0.2, 0.25) is 0 Å². The second kappa shape index (κ2) is 11.9. The number of hydrogen-bond acceptors (Lipinski definition) is 3. The lowest BCUT2D eigenvalue weighted by Gasteiger charge is -2.20. The summed E-state index contributed by atoms with van der Waals surface area (Å²) < 4.78 is 0. The van der Waals surface area contributed by atoms with Gasteiger partial charge in [-0.15, -0.1) is 24.0 Å². The third-order valence-electron chi connectivity index (χ3n) is 4.54. The Morgan fingerprint density at radius 3 is 2.68 bits per heavy atom. The molecule has 1 aliphatic rings. The van der Waals surface area contributed by atoms with Gasteiger partial charge in [-0.25, -0.2) is 0 Å². The Morgan fingerprint density at radius 1 is 1.29 bits per heavy atom. The minimum atomic E-state index is -0.0669. The van der Waals surface area contributed by atoms with E-state index in [-0.39, 0.29) is 47.8 Å². The molecule has 1 heterocycles. The number of amides is 2. The number of carbonyl (C=O) groups excluding carboxylic acids is 2. The number of nitrogens with one attached hydrogen (secondary N) is 3. The van der Waals surface area contributed by atoms with Crippen LogP contribution in [0.1, 0.15) is 43.1 Å². The fraction of sp³-hybridized carbons (Fsp3) is 0.550. The predicted octanol–water partition coefficient (Wildman–Crippen LogP) is 1.98. The van der Waals surface area contributed by atoms with Gasteiger partial charge < -0.3 is 20.9 Å². The summed E-state index contributed by atoms with van der Waals surface area (Å²) in [6, 6.07) is 7.73. The SMILES string of the molecule is CCNC(=O)c1cccc(CNC(=NC)NC2CCN(C(=O)C(C)C)C2)c1.I. The molecule has 28 heavy (non-hydrogen) atoms. The largest absolute Gasteiger partial charge is 0.352 e. The summed E-state index contributed by atoms with van der Waals surface area (Å²) in [6.45, 7) is 8.41. The summed E-state index contributed by atoms with van der Waals surface area (Å²) in [5.74, 6) is 0.854. The van der Waals surface area contributed by atoms with Crippen molar-refractivity contribution in [3.8, 4) is 0 Å². The highest BCUT2D eigenvalue weighted by molar-refractivity contribution is 14.0. The van der Waals surface area contributed by atoms with E-state index in [9.17, 15) is 9.59 Å². The van der Waals surface area contributed by atoms with Crippen molar-refractivity contribution in [2.75, 3.05) is 26.7 Å². The van der Waals surface area contributed by atoms with Crippen molar-refractivity contribution in [1.29, 1.82) is 0 Å². The molecular formula is C20H32IN5O2. The van der Waals surface area contributed by atoms with Gasteiger partial charge in [0.05, 0.1) is 0 Å². The highest BCUT2D eigenvalue weighted by Crippen LogP contribution is 2.13. The van der Waals surface area contributed by atoms with Crippen LogP contribution < -0.4 is 16.0 Å². The molecule has 1 aliphatic heterocycles. The standard InChI is InChI=1S/C20H31N5O2.HI/c1-5-22-18(26)16-8-6-7-15(11-16)12-23-20(21-4)24-17-9-10-25(13-17)19(27)14(2)3;/h6-8,11,14,17H,5,9-10,12-13H2,1-4H3,(H,22,26)(H2,21,23,24);1H. The molecule has 0 bridgehead atoms. The van der Waals surface area contributed by atoms with Crippen molar-refractivity contribution < 1.29 is 9.59 Å². The number of aliphatic imine (C=N–C) groups is 1. The van der Waals surface area contributed by atoms with E-state index in [0.717, 1.165) is 18.5 Å². The molecule has 1 aromatic rings. The van der Waals surface area contributed by atoms with Gasteiger partial charge in [0.15, 0.2) is 5.96 Å². The summed E-state index contributed by atoms with van der Waals surface area (Å²) in [5.41, 5.74) is 1.66. The van der Waals surface area contributed by atoms with Gasteiger partial charge in [-0.2, -0.15) is 0 Å². The zero-order valence-corrected chi connectivity index (χ0v) is 19.4. The second-order valence-electron chi connectivity index (χ2n) is 7.05. The van der Waals surface area contributed by atoms with E-state index >= 15 is 0 Å². The smallest absolute Gasteiger partial charge is 0.251 e. The number of carbonyl (C=O) groups is 2. The van der Waals surface area contributed by atoms with Gasteiger partial charge in [0, 0.05) is 50.7 Å². The first-order chi connectivity index (χ1) is 12.9. The van der Waals surface area contributed by atoms with Crippen LogP contribution in [0.4, 0.5) is 0 Å². The van der Waals surface area contributed by atoms with Crippen molar-refractivity contribution in [1.82, 2.24) is 20.9 Å². The van der Waals surface area contributed by atoms with Crippen LogP contribution in [0.3, 0.4) is 0 Å². The first-order valence-corrected chi connectivity index (χ1v) is 9.57. The molecule has 156 valence electrons. The lowest BCUT2D eigenvalue weighted by molar-refractivity contribution is -0.133. The fourth-order valence-corrected chi connectivity index (χ4v) is 3.10. The molecule has 1 fully saturated rings. The summed E-state index contributed by atoms with van der Waals surface area (Å²) in [6.07, 6.45) is 0.909. The van der Waals surface area contributed by atoms with Gasteiger partial charge in [-0.05, 0) is 31.0 Å². The van der Waals surface area contributed by atoms with Crippen molar-refractivity contribution in [2.24, 2.45) is 10.9 Å². The van der Waals surface area contributed by atoms with Gasteiger partial charge in [0.25, 0.3) is 5.91 Å². The van der Waals surface area contributed by atoms with Gasteiger partial charge in [-0.1, -0.05) is 26.0 Å². The number of rotatable bonds is 6. The molecule has 7 nitrogen and oxygen atoms in total. The van der Waals surface area contributed by atoms with Crippen molar-refractivity contribution in [3.63, 3.8) is 0 Å². The molecule has 2 rings (SSSR count). The minimum Gasteiger partial charge on any atom is -0.352 e. The average molecular weight is 501 g/mol. The Labute approximate surface area is 184 Å². The second-order valence-corrected chi connectivity index (χ2v) is 7.05. The van der Waals surface area contributed by atoms with Crippen molar-refractivity contribution in [3.05, 3.63) is 35.4 Å². The molecule has 1 aromatic carbocycles. The van der Waals surface area contributed by atoms with Crippen LogP contribution in [0, 0.1) is 5.92 Å². The molecule has 0 aliphatic carbocycles. The molecular weight excluding hydrogens is 469 g/mol. The first kappa shape index (κ1) is 24.2. The van der Waals surface area contributed by atoms with Crippen LogP contribution in [0.25, 0.3) is 0 Å². The Bertz CT molecular complexity index is 693. The molecule has 1 atom stereocenters. The maximum Gasteiger partial charge on any atom is 0.251 e. The molecule has 0 radical (unpaired) electrons. The lowest BCUT2D eigenvalue weighted by atomic mass is 10.1. The molecule has 8 heteroatoms. The number of guanidine groups is 1. The van der Waals surface area contributed by atoms with E-state index in [2.05, 4.69) is 20.9 Å². The molecule has 3 N–H and O–H groups in total. The van der Waals surface area contributed by atoms with E-state index in [1.807, 2.05) is 43.9 Å². The van der Waals surface area contributed by atoms with E-state index in [0.29, 0.717) is 31.2 Å². The Hall–Kier alpha value is -1.84. The first-order valence-electron chi connectivity index (χ1n) is 9.57. The Balaban J connectivity index is 0.00000392. The van der Waals surface area contributed by atoms with Crippen molar-refractivity contribution >= 4 is 41.8 Å². The predicted molar refractivity (Wildman–Crippen MR) is 123 cm³/mol. The normalized spacial score (nSPS) is 16.5. The average Bonchev–Trinajstić information content (AvgIpc) is 3.13. The van der Waals surface area contributed by atoms with Crippen LogP contribution in [0.5, 0.6) is 0 Å². The molecule has 1 saturated heterocycles. The molecule has 0 spiro atoms. The quantitative estimate of drug-likeness (QED) is 0.316. The third kappa shape index (κ3) is 6.96. The maximum atomic E-state index is 12.1. The third-order valence-corrected chi connectivity index (χ3v) is 4.54. The molecule has 1 unspecified atom stereocenters. The zero-order valence-electron chi connectivity index (χ0n) is 17.1. The van der Waals surface area contributed by atoms with E-state index < -0.39 is 0 Å². The minimum absolute atomic E-state index is 0. The number of hydrogen-bond donors (Lipinski definition) is 3. The van der Waals surface area contributed by atoms with Crippen LogP contribution in [-0.2, 0) is 11.3 Å². The number of halogens is 1. The van der Waals surface area contributed by atoms with E-state index in [1.54, 1.807) is 13.1 Å². The summed E-state index contributed by atoms with van der Waals surface area (Å²) in [4.78, 5) is 30.2. The zero-order chi connectivity index (χ0) is 19.8. The maximum absolute atomic E-state index is 12.1. The van der Waals surface area contributed by atoms with Gasteiger partial charge in [0.1, 0.15) is 0 Å². The van der Waals surface area contributed by atoms with Gasteiger partial charge in [0.2, 0.25) is 5.91 Å². The summed E-state index contributed by atoms with van der Waals surface area (Å²) in [5, 5.41) is 9.47. The van der Waals surface area contributed by atoms with Crippen LogP contribution in [0.15, 0.2) is 29.3 Å². The van der Waals surface area contributed by atoms with E-state index in [1.165, 1.54) is 0 Å². The summed E-state index contributed by atoms with van der Waals surface area (Å²) >= 11 is 0. The van der Waals surface area contributed by atoms with Crippen LogP contribution in [-0.4, -0.2) is 55.4 Å². The van der Waals surface area contributed by atoms with E-state index in [4.69, 9.17) is 0 Å². The molecule has 0 aromatic heterocycles. The number of likely N-dealkylation sites (tertiary alicyclic amines) is 1. The Kier molecular flexibility index (Phi) is 10.3. The van der Waals surface area contributed by atoms with Gasteiger partial charge >= 0.3 is 0 Å². The van der Waals surface area contributed by atoms with Gasteiger partial charge in [-0.3, -0.25) is 14.6 Å².